The Bertz CT molecular complexity index is 674. The SMILES string of the molecule is CCOC(=O)[C@H](C)C[C@H](NC(=O)[C@@H](O)c1ccc(C(F)(F)F)cc1)C(=O)O. The largest absolute Gasteiger partial charge is 0.480 e. The van der Waals surface area contributed by atoms with Gasteiger partial charge in [0.05, 0.1) is 18.1 Å². The van der Waals surface area contributed by atoms with Gasteiger partial charge in [-0.1, -0.05) is 19.1 Å². The van der Waals surface area contributed by atoms with E-state index >= 15 is 0 Å². The normalized spacial score (nSPS) is 14.7. The van der Waals surface area contributed by atoms with E-state index in [1.807, 2.05) is 0 Å². The van der Waals surface area contributed by atoms with E-state index in [4.69, 9.17) is 4.74 Å². The number of aliphatic hydroxyl groups excluding tert-OH is 1. The lowest BCUT2D eigenvalue weighted by atomic mass is 10.0. The van der Waals surface area contributed by atoms with Gasteiger partial charge in [-0.3, -0.25) is 9.59 Å². The minimum Gasteiger partial charge on any atom is -0.480 e. The van der Waals surface area contributed by atoms with Crippen molar-refractivity contribution in [3.8, 4) is 0 Å². The molecule has 0 unspecified atom stereocenters. The number of aliphatic hydroxyl groups is 1. The molecular formula is C17H20F3NO6. The number of halogens is 3. The molecule has 3 atom stereocenters. The van der Waals surface area contributed by atoms with Crippen LogP contribution in [0, 0.1) is 5.92 Å². The van der Waals surface area contributed by atoms with Crippen LogP contribution in [0.5, 0.6) is 0 Å². The van der Waals surface area contributed by atoms with Crippen LogP contribution in [0.4, 0.5) is 13.2 Å². The summed E-state index contributed by atoms with van der Waals surface area (Å²) in [5.41, 5.74) is -1.09. The molecule has 0 aliphatic carbocycles. The number of carboxylic acid groups (broad SMARTS) is 1. The van der Waals surface area contributed by atoms with E-state index in [9.17, 15) is 37.8 Å². The van der Waals surface area contributed by atoms with Crippen molar-refractivity contribution in [3.05, 3.63) is 35.4 Å². The molecular weight excluding hydrogens is 371 g/mol. The third-order valence-electron chi connectivity index (χ3n) is 3.69. The van der Waals surface area contributed by atoms with Gasteiger partial charge in [-0.05, 0) is 31.0 Å². The van der Waals surface area contributed by atoms with Crippen LogP contribution in [0.2, 0.25) is 0 Å². The topological polar surface area (TPSA) is 113 Å². The summed E-state index contributed by atoms with van der Waals surface area (Å²) in [7, 11) is 0. The number of benzene rings is 1. The summed E-state index contributed by atoms with van der Waals surface area (Å²) in [6.45, 7) is 3.12. The Morgan fingerprint density at radius 3 is 2.19 bits per heavy atom. The molecule has 0 radical (unpaired) electrons. The lowest BCUT2D eigenvalue weighted by Crippen LogP contribution is -2.44. The van der Waals surface area contributed by atoms with Crippen LogP contribution in [0.15, 0.2) is 24.3 Å². The number of esters is 1. The van der Waals surface area contributed by atoms with Gasteiger partial charge in [-0.25, -0.2) is 4.79 Å². The number of carboxylic acids is 1. The molecule has 0 heterocycles. The van der Waals surface area contributed by atoms with Crippen molar-refractivity contribution in [1.29, 1.82) is 0 Å². The van der Waals surface area contributed by atoms with Gasteiger partial charge in [0, 0.05) is 0 Å². The quantitative estimate of drug-likeness (QED) is 0.584. The third kappa shape index (κ3) is 6.55. The van der Waals surface area contributed by atoms with Crippen molar-refractivity contribution in [2.75, 3.05) is 6.61 Å². The second kappa shape index (κ2) is 9.36. The van der Waals surface area contributed by atoms with Gasteiger partial charge in [0.2, 0.25) is 0 Å². The van der Waals surface area contributed by atoms with Crippen molar-refractivity contribution in [1.82, 2.24) is 5.32 Å². The first kappa shape index (κ1) is 22.4. The second-order valence-corrected chi connectivity index (χ2v) is 5.81. The fourth-order valence-electron chi connectivity index (χ4n) is 2.21. The zero-order valence-electron chi connectivity index (χ0n) is 14.6. The Hall–Kier alpha value is -2.62. The first-order chi connectivity index (χ1) is 12.5. The third-order valence-corrected chi connectivity index (χ3v) is 3.69. The first-order valence-corrected chi connectivity index (χ1v) is 8.02. The molecule has 150 valence electrons. The summed E-state index contributed by atoms with van der Waals surface area (Å²) < 4.78 is 42.4. The van der Waals surface area contributed by atoms with Crippen LogP contribution in [0.3, 0.4) is 0 Å². The van der Waals surface area contributed by atoms with Gasteiger partial charge in [-0.2, -0.15) is 13.2 Å². The van der Waals surface area contributed by atoms with Crippen molar-refractivity contribution in [2.24, 2.45) is 5.92 Å². The van der Waals surface area contributed by atoms with Crippen LogP contribution >= 0.6 is 0 Å². The van der Waals surface area contributed by atoms with Crippen LogP contribution < -0.4 is 5.32 Å². The second-order valence-electron chi connectivity index (χ2n) is 5.81. The van der Waals surface area contributed by atoms with Gasteiger partial charge in [0.15, 0.2) is 6.10 Å². The fraction of sp³-hybridized carbons (Fsp3) is 0.471. The number of nitrogens with one attached hydrogen (secondary N) is 1. The Morgan fingerprint density at radius 1 is 1.19 bits per heavy atom. The number of ether oxygens (including phenoxy) is 1. The van der Waals surface area contributed by atoms with E-state index in [0.717, 1.165) is 12.1 Å². The van der Waals surface area contributed by atoms with Crippen LogP contribution in [-0.2, 0) is 25.3 Å². The van der Waals surface area contributed by atoms with E-state index in [-0.39, 0.29) is 18.6 Å². The van der Waals surface area contributed by atoms with Crippen LogP contribution in [0.25, 0.3) is 0 Å². The molecule has 1 aromatic carbocycles. The molecule has 3 N–H and O–H groups in total. The molecule has 0 saturated heterocycles. The maximum atomic E-state index is 12.5. The summed E-state index contributed by atoms with van der Waals surface area (Å²) in [5, 5.41) is 21.2. The average molecular weight is 391 g/mol. The first-order valence-electron chi connectivity index (χ1n) is 8.02. The molecule has 0 spiro atoms. The maximum Gasteiger partial charge on any atom is 0.416 e. The van der Waals surface area contributed by atoms with Crippen molar-refractivity contribution < 1.29 is 42.5 Å². The van der Waals surface area contributed by atoms with Crippen LogP contribution in [-0.4, -0.2) is 40.7 Å². The molecule has 0 aliphatic rings. The van der Waals surface area contributed by atoms with Crippen LogP contribution in [0.1, 0.15) is 37.5 Å². The van der Waals surface area contributed by atoms with Crippen molar-refractivity contribution in [3.63, 3.8) is 0 Å². The molecule has 1 rings (SSSR count). The Morgan fingerprint density at radius 2 is 1.74 bits per heavy atom. The summed E-state index contributed by atoms with van der Waals surface area (Å²) in [6, 6.07) is 1.75. The molecule has 10 heteroatoms. The predicted molar refractivity (Wildman–Crippen MR) is 86.4 cm³/mol. The van der Waals surface area contributed by atoms with Crippen molar-refractivity contribution >= 4 is 17.8 Å². The molecule has 0 aliphatic heterocycles. The fourth-order valence-corrected chi connectivity index (χ4v) is 2.21. The number of carbonyl (C=O) groups is 3. The number of aliphatic carboxylic acids is 1. The highest BCUT2D eigenvalue weighted by Crippen LogP contribution is 2.30. The number of carbonyl (C=O) groups excluding carboxylic acids is 2. The maximum absolute atomic E-state index is 12.5. The minimum atomic E-state index is -4.57. The number of rotatable bonds is 8. The Labute approximate surface area is 153 Å². The molecule has 0 saturated carbocycles. The van der Waals surface area contributed by atoms with Gasteiger partial charge in [-0.15, -0.1) is 0 Å². The van der Waals surface area contributed by atoms with Gasteiger partial charge in [0.1, 0.15) is 6.04 Å². The minimum absolute atomic E-state index is 0.111. The van der Waals surface area contributed by atoms with E-state index in [1.165, 1.54) is 6.92 Å². The highest BCUT2D eigenvalue weighted by molar-refractivity contribution is 5.87. The van der Waals surface area contributed by atoms with E-state index in [1.54, 1.807) is 6.92 Å². The highest BCUT2D eigenvalue weighted by Gasteiger charge is 2.32. The number of hydrogen-bond donors (Lipinski definition) is 3. The zero-order chi connectivity index (χ0) is 20.8. The van der Waals surface area contributed by atoms with E-state index in [0.29, 0.717) is 12.1 Å². The summed E-state index contributed by atoms with van der Waals surface area (Å²) >= 11 is 0. The molecule has 0 aromatic heterocycles. The summed E-state index contributed by atoms with van der Waals surface area (Å²) in [5.74, 6) is -4.01. The monoisotopic (exact) mass is 391 g/mol. The zero-order valence-corrected chi connectivity index (χ0v) is 14.6. The van der Waals surface area contributed by atoms with Crippen molar-refractivity contribution in [2.45, 2.75) is 38.6 Å². The number of hydrogen-bond acceptors (Lipinski definition) is 5. The Kier molecular flexibility index (Phi) is 7.77. The predicted octanol–water partition coefficient (Wildman–Crippen LogP) is 1.90. The smallest absolute Gasteiger partial charge is 0.416 e. The molecule has 0 bridgehead atoms. The summed E-state index contributed by atoms with van der Waals surface area (Å²) in [4.78, 5) is 34.9. The van der Waals surface area contributed by atoms with Gasteiger partial charge < -0.3 is 20.3 Å². The van der Waals surface area contributed by atoms with E-state index < -0.39 is 47.6 Å². The molecule has 1 amide bonds. The van der Waals surface area contributed by atoms with Gasteiger partial charge in [0.25, 0.3) is 5.91 Å². The molecule has 27 heavy (non-hydrogen) atoms. The Balaban J connectivity index is 2.80. The molecule has 0 fully saturated rings. The standard InChI is InChI=1S/C17H20F3NO6/c1-3-27-16(26)9(2)8-12(15(24)25)21-14(23)13(22)10-4-6-11(7-5-10)17(18,19)20/h4-7,9,12-13,22H,3,8H2,1-2H3,(H,21,23)(H,24,25)/t9-,12+,13+/m1/s1. The molecule has 1 aromatic rings. The molecule has 7 nitrogen and oxygen atoms in total. The number of alkyl halides is 3. The highest BCUT2D eigenvalue weighted by atomic mass is 19.4. The van der Waals surface area contributed by atoms with Gasteiger partial charge >= 0.3 is 18.1 Å². The number of amides is 1. The summed E-state index contributed by atoms with van der Waals surface area (Å²) in [6.07, 6.45) is -6.71. The van der Waals surface area contributed by atoms with E-state index in [2.05, 4.69) is 5.32 Å². The average Bonchev–Trinajstić information content (AvgIpc) is 2.59. The lowest BCUT2D eigenvalue weighted by Gasteiger charge is -2.20. The lowest BCUT2D eigenvalue weighted by molar-refractivity contribution is -0.150.